The minimum atomic E-state index is 0.556. The highest BCUT2D eigenvalue weighted by molar-refractivity contribution is 6.32. The highest BCUT2D eigenvalue weighted by Gasteiger charge is 2.04. The summed E-state index contributed by atoms with van der Waals surface area (Å²) in [7, 11) is 0. The average molecular weight is 175 g/mol. The van der Waals surface area contributed by atoms with E-state index in [-0.39, 0.29) is 0 Å². The maximum Gasteiger partial charge on any atom is 0.157 e. The first kappa shape index (κ1) is 8.36. The molecule has 0 aliphatic rings. The van der Waals surface area contributed by atoms with E-state index >= 15 is 0 Å². The van der Waals surface area contributed by atoms with Crippen LogP contribution in [0.1, 0.15) is 13.3 Å². The number of rotatable bonds is 3. The van der Waals surface area contributed by atoms with Gasteiger partial charge in [-0.2, -0.15) is 5.10 Å². The Morgan fingerprint density at radius 1 is 1.82 bits per heavy atom. The summed E-state index contributed by atoms with van der Waals surface area (Å²) in [5.41, 5.74) is 2.50. The molecule has 0 amide bonds. The van der Waals surface area contributed by atoms with Crippen LogP contribution in [0.5, 0.6) is 0 Å². The molecule has 1 aromatic rings. The molecule has 1 heterocycles. The van der Waals surface area contributed by atoms with Gasteiger partial charge in [0, 0.05) is 6.54 Å². The molecule has 1 rings (SSSR count). The number of hydrazine groups is 1. The van der Waals surface area contributed by atoms with Crippen LogP contribution in [0.4, 0.5) is 5.82 Å². The van der Waals surface area contributed by atoms with Crippen molar-refractivity contribution in [3.63, 3.8) is 0 Å². The first-order valence-corrected chi connectivity index (χ1v) is 3.85. The summed E-state index contributed by atoms with van der Waals surface area (Å²) in [6.45, 7) is 2.89. The molecule has 5 heteroatoms. The van der Waals surface area contributed by atoms with Crippen molar-refractivity contribution in [2.45, 2.75) is 19.9 Å². The third kappa shape index (κ3) is 1.64. The fourth-order valence-electron chi connectivity index (χ4n) is 0.887. The van der Waals surface area contributed by atoms with Crippen LogP contribution in [0.25, 0.3) is 0 Å². The minimum Gasteiger partial charge on any atom is -0.307 e. The van der Waals surface area contributed by atoms with Crippen LogP contribution < -0.4 is 11.3 Å². The molecule has 0 aromatic carbocycles. The van der Waals surface area contributed by atoms with Gasteiger partial charge in [-0.25, -0.2) is 10.5 Å². The number of nitrogens with one attached hydrogen (secondary N) is 1. The van der Waals surface area contributed by atoms with Gasteiger partial charge in [0.05, 0.1) is 6.20 Å². The monoisotopic (exact) mass is 174 g/mol. The van der Waals surface area contributed by atoms with Gasteiger partial charge in [0.2, 0.25) is 0 Å². The molecule has 11 heavy (non-hydrogen) atoms. The van der Waals surface area contributed by atoms with E-state index in [2.05, 4.69) is 17.4 Å². The van der Waals surface area contributed by atoms with Gasteiger partial charge in [-0.15, -0.1) is 0 Å². The van der Waals surface area contributed by atoms with Gasteiger partial charge in [-0.3, -0.25) is 0 Å². The number of nitrogens with two attached hydrogens (primary N) is 1. The Morgan fingerprint density at radius 2 is 2.55 bits per heavy atom. The zero-order valence-electron chi connectivity index (χ0n) is 6.34. The molecule has 0 fully saturated rings. The van der Waals surface area contributed by atoms with Crippen molar-refractivity contribution in [3.05, 3.63) is 11.2 Å². The highest BCUT2D eigenvalue weighted by atomic mass is 35.5. The Bertz CT molecular complexity index is 232. The van der Waals surface area contributed by atoms with Crippen molar-refractivity contribution in [3.8, 4) is 0 Å². The van der Waals surface area contributed by atoms with Crippen molar-refractivity contribution in [1.29, 1.82) is 0 Å². The van der Waals surface area contributed by atoms with Gasteiger partial charge in [0.25, 0.3) is 0 Å². The number of aromatic nitrogens is 2. The van der Waals surface area contributed by atoms with E-state index in [1.165, 1.54) is 0 Å². The van der Waals surface area contributed by atoms with Crippen LogP contribution in [0.15, 0.2) is 6.20 Å². The molecule has 0 spiro atoms. The Labute approximate surface area is 70.3 Å². The van der Waals surface area contributed by atoms with Gasteiger partial charge >= 0.3 is 0 Å². The topological polar surface area (TPSA) is 55.9 Å². The molecule has 0 atom stereocenters. The standard InChI is InChI=1S/C6H11ClN4/c1-2-3-11-6(10-8)5(7)4-9-11/h4,10H,2-3,8H2,1H3. The lowest BCUT2D eigenvalue weighted by atomic mass is 10.5. The second-order valence-electron chi connectivity index (χ2n) is 2.21. The zero-order chi connectivity index (χ0) is 8.27. The minimum absolute atomic E-state index is 0.556. The van der Waals surface area contributed by atoms with E-state index in [0.717, 1.165) is 13.0 Å². The fourth-order valence-corrected chi connectivity index (χ4v) is 1.08. The van der Waals surface area contributed by atoms with Gasteiger partial charge in [-0.05, 0) is 6.42 Å². The molecule has 3 N–H and O–H groups in total. The maximum absolute atomic E-state index is 5.75. The number of halogens is 1. The number of nitrogen functional groups attached to an aromatic ring is 1. The first-order valence-electron chi connectivity index (χ1n) is 3.47. The number of nitrogens with zero attached hydrogens (tertiary/aromatic N) is 2. The lowest BCUT2D eigenvalue weighted by Gasteiger charge is -2.03. The molecule has 4 nitrogen and oxygen atoms in total. The number of aryl methyl sites for hydroxylation is 1. The van der Waals surface area contributed by atoms with E-state index < -0.39 is 0 Å². The number of anilines is 1. The molecule has 0 radical (unpaired) electrons. The van der Waals surface area contributed by atoms with Gasteiger partial charge in [0.1, 0.15) is 5.02 Å². The Morgan fingerprint density at radius 3 is 3.09 bits per heavy atom. The van der Waals surface area contributed by atoms with E-state index in [1.54, 1.807) is 10.9 Å². The quantitative estimate of drug-likeness (QED) is 0.536. The van der Waals surface area contributed by atoms with Crippen molar-refractivity contribution in [2.75, 3.05) is 5.43 Å². The SMILES string of the molecule is CCCn1ncc(Cl)c1NN. The maximum atomic E-state index is 5.75. The lowest BCUT2D eigenvalue weighted by molar-refractivity contribution is 0.608. The van der Waals surface area contributed by atoms with Gasteiger partial charge < -0.3 is 5.43 Å². The Kier molecular flexibility index (Phi) is 2.73. The average Bonchev–Trinajstić information content (AvgIpc) is 2.33. The third-order valence-electron chi connectivity index (χ3n) is 1.37. The number of hydrogen-bond acceptors (Lipinski definition) is 3. The summed E-state index contributed by atoms with van der Waals surface area (Å²) in [5, 5.41) is 4.57. The van der Waals surface area contributed by atoms with Gasteiger partial charge in [-0.1, -0.05) is 18.5 Å². The molecular weight excluding hydrogens is 164 g/mol. The van der Waals surface area contributed by atoms with Crippen molar-refractivity contribution in [2.24, 2.45) is 5.84 Å². The summed E-state index contributed by atoms with van der Waals surface area (Å²) in [6.07, 6.45) is 2.58. The molecule has 62 valence electrons. The third-order valence-corrected chi connectivity index (χ3v) is 1.64. The van der Waals surface area contributed by atoms with Crippen molar-refractivity contribution >= 4 is 17.4 Å². The number of hydrogen-bond donors (Lipinski definition) is 2. The van der Waals surface area contributed by atoms with Crippen LogP contribution in [-0.4, -0.2) is 9.78 Å². The Hall–Kier alpha value is -0.740. The normalized spacial score (nSPS) is 10.1. The van der Waals surface area contributed by atoms with Crippen LogP contribution in [0.3, 0.4) is 0 Å². The van der Waals surface area contributed by atoms with Gasteiger partial charge in [0.15, 0.2) is 5.82 Å². The lowest BCUT2D eigenvalue weighted by Crippen LogP contribution is -2.13. The Balaban J connectivity index is 2.86. The van der Waals surface area contributed by atoms with E-state index in [1.807, 2.05) is 0 Å². The second kappa shape index (κ2) is 3.59. The second-order valence-corrected chi connectivity index (χ2v) is 2.62. The van der Waals surface area contributed by atoms with Crippen molar-refractivity contribution < 1.29 is 0 Å². The molecule has 0 aliphatic heterocycles. The molecule has 0 aliphatic carbocycles. The van der Waals surface area contributed by atoms with E-state index in [4.69, 9.17) is 17.4 Å². The largest absolute Gasteiger partial charge is 0.307 e. The summed E-state index contributed by atoms with van der Waals surface area (Å²) in [5.74, 6) is 5.91. The molecular formula is C6H11ClN4. The first-order chi connectivity index (χ1) is 5.29. The summed E-state index contributed by atoms with van der Waals surface area (Å²) >= 11 is 5.75. The van der Waals surface area contributed by atoms with Crippen LogP contribution in [0, 0.1) is 0 Å². The molecule has 0 unspecified atom stereocenters. The highest BCUT2D eigenvalue weighted by Crippen LogP contribution is 2.19. The zero-order valence-corrected chi connectivity index (χ0v) is 7.10. The molecule has 0 bridgehead atoms. The van der Waals surface area contributed by atoms with Crippen LogP contribution in [0.2, 0.25) is 5.02 Å². The van der Waals surface area contributed by atoms with Crippen LogP contribution in [-0.2, 0) is 6.54 Å². The summed E-state index contributed by atoms with van der Waals surface area (Å²) in [4.78, 5) is 0. The summed E-state index contributed by atoms with van der Waals surface area (Å²) in [6, 6.07) is 0. The van der Waals surface area contributed by atoms with Crippen LogP contribution >= 0.6 is 11.6 Å². The molecule has 0 saturated heterocycles. The van der Waals surface area contributed by atoms with E-state index in [0.29, 0.717) is 10.8 Å². The van der Waals surface area contributed by atoms with Crippen molar-refractivity contribution in [1.82, 2.24) is 9.78 Å². The molecule has 1 aromatic heterocycles. The summed E-state index contributed by atoms with van der Waals surface area (Å²) < 4.78 is 1.74. The van der Waals surface area contributed by atoms with E-state index in [9.17, 15) is 0 Å². The predicted octanol–water partition coefficient (Wildman–Crippen LogP) is 1.23. The fraction of sp³-hybridized carbons (Fsp3) is 0.500. The smallest absolute Gasteiger partial charge is 0.157 e. The molecule has 0 saturated carbocycles. The predicted molar refractivity (Wildman–Crippen MR) is 45.3 cm³/mol.